The number of aryl methyl sites for hydroxylation is 1. The summed E-state index contributed by atoms with van der Waals surface area (Å²) in [4.78, 5) is 15.3. The molecule has 2 heterocycles. The zero-order valence-corrected chi connectivity index (χ0v) is 11.6. The zero-order chi connectivity index (χ0) is 13.9. The molecule has 0 spiro atoms. The molecule has 1 N–H and O–H groups in total. The second kappa shape index (κ2) is 5.58. The van der Waals surface area contributed by atoms with Crippen molar-refractivity contribution in [2.24, 2.45) is 0 Å². The van der Waals surface area contributed by atoms with Gasteiger partial charge >= 0.3 is 0 Å². The van der Waals surface area contributed by atoms with E-state index in [1.165, 1.54) is 6.42 Å². The Morgan fingerprint density at radius 3 is 2.85 bits per heavy atom. The quantitative estimate of drug-likeness (QED) is 0.890. The Morgan fingerprint density at radius 1 is 1.40 bits per heavy atom. The van der Waals surface area contributed by atoms with Crippen molar-refractivity contribution in [3.8, 4) is 5.82 Å². The fourth-order valence-corrected chi connectivity index (χ4v) is 2.51. The van der Waals surface area contributed by atoms with Crippen molar-refractivity contribution in [3.05, 3.63) is 30.6 Å². The van der Waals surface area contributed by atoms with E-state index in [2.05, 4.69) is 19.9 Å². The average molecular weight is 273 g/mol. The molecule has 0 amide bonds. The van der Waals surface area contributed by atoms with Crippen molar-refractivity contribution in [1.82, 2.24) is 19.5 Å². The van der Waals surface area contributed by atoms with E-state index in [9.17, 15) is 5.11 Å². The minimum Gasteiger partial charge on any atom is -0.395 e. The Balaban J connectivity index is 1.91. The monoisotopic (exact) mass is 273 g/mol. The number of nitrogens with zero attached hydrogens (tertiary/aromatic N) is 5. The first kappa shape index (κ1) is 13.1. The number of imidazole rings is 1. The van der Waals surface area contributed by atoms with Crippen LogP contribution in [0.15, 0.2) is 24.8 Å². The molecule has 0 bridgehead atoms. The molecule has 106 valence electrons. The summed E-state index contributed by atoms with van der Waals surface area (Å²) in [6.07, 6.45) is 10.7. The fraction of sp³-hybridized carbons (Fsp3) is 0.500. The number of aromatic nitrogens is 4. The third kappa shape index (κ3) is 2.38. The number of aliphatic hydroxyl groups excluding tert-OH is 1. The molecule has 2 aromatic rings. The molecule has 3 rings (SSSR count). The third-order valence-electron chi connectivity index (χ3n) is 3.83. The molecule has 0 aromatic carbocycles. The van der Waals surface area contributed by atoms with Gasteiger partial charge in [-0.3, -0.25) is 9.55 Å². The maximum Gasteiger partial charge on any atom is 0.159 e. The first-order chi connectivity index (χ1) is 9.79. The van der Waals surface area contributed by atoms with Gasteiger partial charge in [-0.15, -0.1) is 0 Å². The highest BCUT2D eigenvalue weighted by molar-refractivity contribution is 5.41. The Kier molecular flexibility index (Phi) is 3.64. The lowest BCUT2D eigenvalue weighted by atomic mass is 9.91. The largest absolute Gasteiger partial charge is 0.395 e. The van der Waals surface area contributed by atoms with E-state index in [-0.39, 0.29) is 6.61 Å². The average Bonchev–Trinajstić information content (AvgIpc) is 2.83. The van der Waals surface area contributed by atoms with Crippen molar-refractivity contribution in [3.63, 3.8) is 0 Å². The van der Waals surface area contributed by atoms with Crippen molar-refractivity contribution < 1.29 is 5.11 Å². The predicted octanol–water partition coefficient (Wildman–Crippen LogP) is 1.32. The summed E-state index contributed by atoms with van der Waals surface area (Å²) in [5.74, 6) is 2.47. The summed E-state index contributed by atoms with van der Waals surface area (Å²) < 4.78 is 1.91. The Labute approximate surface area is 118 Å². The molecule has 1 aliphatic rings. The molecular formula is C14H19N5O. The van der Waals surface area contributed by atoms with Crippen LogP contribution in [0.4, 0.5) is 5.82 Å². The van der Waals surface area contributed by atoms with Gasteiger partial charge in [-0.05, 0) is 26.2 Å². The molecule has 0 atom stereocenters. The molecule has 6 nitrogen and oxygen atoms in total. The fourth-order valence-electron chi connectivity index (χ4n) is 2.51. The van der Waals surface area contributed by atoms with Crippen LogP contribution in [0.1, 0.15) is 25.1 Å². The summed E-state index contributed by atoms with van der Waals surface area (Å²) in [5.41, 5.74) is 0. The lowest BCUT2D eigenvalue weighted by Crippen LogP contribution is -2.42. The maximum atomic E-state index is 9.26. The molecular weight excluding hydrogens is 254 g/mol. The molecule has 0 unspecified atom stereocenters. The van der Waals surface area contributed by atoms with Crippen LogP contribution in [0.2, 0.25) is 0 Å². The van der Waals surface area contributed by atoms with Crippen LogP contribution in [0.3, 0.4) is 0 Å². The van der Waals surface area contributed by atoms with Gasteiger partial charge in [-0.1, -0.05) is 0 Å². The van der Waals surface area contributed by atoms with Crippen molar-refractivity contribution in [1.29, 1.82) is 0 Å². The number of hydrogen-bond acceptors (Lipinski definition) is 5. The van der Waals surface area contributed by atoms with E-state index in [1.807, 2.05) is 17.7 Å². The molecule has 6 heteroatoms. The minimum absolute atomic E-state index is 0.131. The van der Waals surface area contributed by atoms with Crippen LogP contribution in [0.5, 0.6) is 0 Å². The van der Waals surface area contributed by atoms with Crippen LogP contribution in [-0.2, 0) is 0 Å². The first-order valence-corrected chi connectivity index (χ1v) is 6.99. The smallest absolute Gasteiger partial charge is 0.159 e. The molecule has 1 aliphatic carbocycles. The van der Waals surface area contributed by atoms with Gasteiger partial charge in [0.25, 0.3) is 0 Å². The number of rotatable bonds is 5. The van der Waals surface area contributed by atoms with Crippen LogP contribution in [0, 0.1) is 6.92 Å². The molecule has 0 radical (unpaired) electrons. The number of anilines is 1. The summed E-state index contributed by atoms with van der Waals surface area (Å²) >= 11 is 0. The van der Waals surface area contributed by atoms with Crippen molar-refractivity contribution >= 4 is 5.82 Å². The number of aliphatic hydroxyl groups is 1. The Bertz CT molecular complexity index is 578. The minimum atomic E-state index is 0.131. The van der Waals surface area contributed by atoms with E-state index < -0.39 is 0 Å². The molecule has 0 saturated heterocycles. The number of hydrogen-bond donors (Lipinski definition) is 1. The van der Waals surface area contributed by atoms with E-state index in [4.69, 9.17) is 0 Å². The first-order valence-electron chi connectivity index (χ1n) is 6.99. The van der Waals surface area contributed by atoms with Gasteiger partial charge in [-0.2, -0.15) is 0 Å². The predicted molar refractivity (Wildman–Crippen MR) is 76.0 cm³/mol. The maximum absolute atomic E-state index is 9.26. The van der Waals surface area contributed by atoms with Crippen molar-refractivity contribution in [2.45, 2.75) is 32.2 Å². The summed E-state index contributed by atoms with van der Waals surface area (Å²) in [5, 5.41) is 9.26. The second-order valence-electron chi connectivity index (χ2n) is 5.08. The van der Waals surface area contributed by atoms with Crippen molar-refractivity contribution in [2.75, 3.05) is 18.1 Å². The Morgan fingerprint density at radius 2 is 2.25 bits per heavy atom. The SMILES string of the molecule is Cc1nccn1-c1cncc(N(CCO)C2CCC2)n1. The second-order valence-corrected chi connectivity index (χ2v) is 5.08. The van der Waals surface area contributed by atoms with Gasteiger partial charge in [0.05, 0.1) is 19.0 Å². The van der Waals surface area contributed by atoms with Gasteiger partial charge in [0.1, 0.15) is 11.6 Å². The molecule has 2 aromatic heterocycles. The lowest BCUT2D eigenvalue weighted by Gasteiger charge is -2.38. The highest BCUT2D eigenvalue weighted by atomic mass is 16.3. The van der Waals surface area contributed by atoms with E-state index in [0.29, 0.717) is 12.6 Å². The van der Waals surface area contributed by atoms with Gasteiger partial charge in [0.2, 0.25) is 0 Å². The molecule has 20 heavy (non-hydrogen) atoms. The zero-order valence-electron chi connectivity index (χ0n) is 11.6. The normalized spacial score (nSPS) is 15.1. The topological polar surface area (TPSA) is 67.1 Å². The molecule has 1 fully saturated rings. The summed E-state index contributed by atoms with van der Waals surface area (Å²) in [7, 11) is 0. The standard InChI is InChI=1S/C14H19N5O/c1-11-16-5-6-18(11)13-9-15-10-14(17-13)19(7-8-20)12-3-2-4-12/h5-6,9-10,12,20H,2-4,7-8H2,1H3. The van der Waals surface area contributed by atoms with E-state index in [1.54, 1.807) is 18.6 Å². The highest BCUT2D eigenvalue weighted by Crippen LogP contribution is 2.28. The van der Waals surface area contributed by atoms with Gasteiger partial charge < -0.3 is 10.0 Å². The third-order valence-corrected chi connectivity index (χ3v) is 3.83. The summed E-state index contributed by atoms with van der Waals surface area (Å²) in [6, 6.07) is 0.482. The van der Waals surface area contributed by atoms with E-state index in [0.717, 1.165) is 30.3 Å². The summed E-state index contributed by atoms with van der Waals surface area (Å²) in [6.45, 7) is 2.67. The van der Waals surface area contributed by atoms with Gasteiger partial charge in [-0.25, -0.2) is 9.97 Å². The van der Waals surface area contributed by atoms with Gasteiger partial charge in [0, 0.05) is 25.0 Å². The molecule has 1 saturated carbocycles. The highest BCUT2D eigenvalue weighted by Gasteiger charge is 2.26. The van der Waals surface area contributed by atoms with Gasteiger partial charge in [0.15, 0.2) is 5.82 Å². The van der Waals surface area contributed by atoms with Crippen LogP contribution >= 0.6 is 0 Å². The molecule has 0 aliphatic heterocycles. The Hall–Kier alpha value is -1.95. The van der Waals surface area contributed by atoms with Crippen LogP contribution < -0.4 is 4.90 Å². The lowest BCUT2D eigenvalue weighted by molar-refractivity contribution is 0.283. The van der Waals surface area contributed by atoms with Crippen LogP contribution in [-0.4, -0.2) is 43.8 Å². The van der Waals surface area contributed by atoms with E-state index >= 15 is 0 Å². The van der Waals surface area contributed by atoms with Crippen LogP contribution in [0.25, 0.3) is 5.82 Å².